The third-order valence-electron chi connectivity index (χ3n) is 3.62. The Kier molecular flexibility index (Phi) is 3.80. The van der Waals surface area contributed by atoms with E-state index in [9.17, 15) is 4.79 Å². The van der Waals surface area contributed by atoms with Gasteiger partial charge in [-0.2, -0.15) is 0 Å². The molecule has 4 nitrogen and oxygen atoms in total. The number of benzene rings is 1. The Morgan fingerprint density at radius 3 is 2.80 bits per heavy atom. The number of amides is 1. The Morgan fingerprint density at radius 1 is 1.35 bits per heavy atom. The normalized spacial score (nSPS) is 15.6. The smallest absolute Gasteiger partial charge is 0.249 e. The summed E-state index contributed by atoms with van der Waals surface area (Å²) in [7, 11) is 0. The van der Waals surface area contributed by atoms with Crippen LogP contribution in [0.4, 0.5) is 0 Å². The van der Waals surface area contributed by atoms with Crippen LogP contribution in [-0.4, -0.2) is 28.9 Å². The minimum Gasteiger partial charge on any atom is -0.366 e. The molecule has 1 aliphatic heterocycles. The summed E-state index contributed by atoms with van der Waals surface area (Å²) in [6, 6.07) is 5.95. The number of thiazole rings is 1. The van der Waals surface area contributed by atoms with E-state index in [1.807, 2.05) is 17.5 Å². The Bertz CT molecular complexity index is 604. The van der Waals surface area contributed by atoms with Gasteiger partial charge in [0.2, 0.25) is 5.91 Å². The SMILES string of the molecule is NC(=O)c1cc(CN2CCCC2)ccc1-c1nccs1. The van der Waals surface area contributed by atoms with E-state index < -0.39 is 5.91 Å². The molecule has 2 N–H and O–H groups in total. The van der Waals surface area contributed by atoms with Gasteiger partial charge in [-0.25, -0.2) is 4.98 Å². The number of rotatable bonds is 4. The van der Waals surface area contributed by atoms with Gasteiger partial charge in [0.25, 0.3) is 0 Å². The summed E-state index contributed by atoms with van der Waals surface area (Å²) in [6.45, 7) is 3.17. The highest BCUT2D eigenvalue weighted by Crippen LogP contribution is 2.27. The molecule has 0 radical (unpaired) electrons. The second-order valence-corrected chi connectivity index (χ2v) is 5.96. The second-order valence-electron chi connectivity index (χ2n) is 5.06. The number of likely N-dealkylation sites (tertiary alicyclic amines) is 1. The van der Waals surface area contributed by atoms with Gasteiger partial charge >= 0.3 is 0 Å². The van der Waals surface area contributed by atoms with Gasteiger partial charge in [-0.05, 0) is 37.6 Å². The zero-order valence-corrected chi connectivity index (χ0v) is 12.0. The minimum absolute atomic E-state index is 0.390. The molecule has 1 aromatic carbocycles. The van der Waals surface area contributed by atoms with Crippen LogP contribution < -0.4 is 5.73 Å². The zero-order valence-electron chi connectivity index (χ0n) is 11.2. The van der Waals surface area contributed by atoms with Gasteiger partial charge in [0.1, 0.15) is 5.01 Å². The topological polar surface area (TPSA) is 59.2 Å². The summed E-state index contributed by atoms with van der Waals surface area (Å²) in [6.07, 6.45) is 4.27. The molecule has 2 aromatic rings. The third-order valence-corrected chi connectivity index (χ3v) is 4.42. The van der Waals surface area contributed by atoms with E-state index in [0.717, 1.165) is 35.8 Å². The largest absolute Gasteiger partial charge is 0.366 e. The van der Waals surface area contributed by atoms with Gasteiger partial charge < -0.3 is 5.73 Å². The molecule has 0 bridgehead atoms. The molecule has 1 amide bonds. The van der Waals surface area contributed by atoms with Crippen molar-refractivity contribution >= 4 is 17.2 Å². The van der Waals surface area contributed by atoms with Crippen molar-refractivity contribution in [1.82, 2.24) is 9.88 Å². The molecule has 0 atom stereocenters. The molecule has 1 fully saturated rings. The first-order valence-corrected chi connectivity index (χ1v) is 7.67. The zero-order chi connectivity index (χ0) is 13.9. The van der Waals surface area contributed by atoms with Crippen LogP contribution in [0.5, 0.6) is 0 Å². The molecule has 5 heteroatoms. The Morgan fingerprint density at radius 2 is 2.15 bits per heavy atom. The number of carbonyl (C=O) groups is 1. The Hall–Kier alpha value is -1.72. The van der Waals surface area contributed by atoms with E-state index in [1.54, 1.807) is 6.20 Å². The lowest BCUT2D eigenvalue weighted by Crippen LogP contribution is -2.19. The van der Waals surface area contributed by atoms with Crippen LogP contribution in [0, 0.1) is 0 Å². The van der Waals surface area contributed by atoms with Gasteiger partial charge in [-0.15, -0.1) is 11.3 Å². The summed E-state index contributed by atoms with van der Waals surface area (Å²) in [5.74, 6) is -0.390. The van der Waals surface area contributed by atoms with Crippen molar-refractivity contribution in [2.75, 3.05) is 13.1 Å². The number of carbonyl (C=O) groups excluding carboxylic acids is 1. The quantitative estimate of drug-likeness (QED) is 0.940. The van der Waals surface area contributed by atoms with Crippen molar-refractivity contribution in [3.8, 4) is 10.6 Å². The number of primary amides is 1. The second kappa shape index (κ2) is 5.73. The molecule has 0 spiro atoms. The molecule has 20 heavy (non-hydrogen) atoms. The minimum atomic E-state index is -0.390. The average Bonchev–Trinajstić information content (AvgIpc) is 3.11. The number of nitrogens with zero attached hydrogens (tertiary/aromatic N) is 2. The van der Waals surface area contributed by atoms with E-state index in [0.29, 0.717) is 5.56 Å². The highest BCUT2D eigenvalue weighted by atomic mass is 32.1. The Balaban J connectivity index is 1.91. The maximum absolute atomic E-state index is 11.7. The molecule has 2 heterocycles. The molecule has 0 aliphatic carbocycles. The standard InChI is InChI=1S/C15H17N3OS/c16-14(19)13-9-11(10-18-6-1-2-7-18)3-4-12(13)15-17-5-8-20-15/h3-5,8-9H,1-2,6-7,10H2,(H2,16,19). The van der Waals surface area contributed by atoms with Crippen molar-refractivity contribution in [3.63, 3.8) is 0 Å². The number of nitrogens with two attached hydrogens (primary N) is 1. The van der Waals surface area contributed by atoms with Crippen LogP contribution in [0.1, 0.15) is 28.8 Å². The van der Waals surface area contributed by atoms with Crippen LogP contribution in [0.15, 0.2) is 29.8 Å². The molecular formula is C15H17N3OS. The highest BCUT2D eigenvalue weighted by molar-refractivity contribution is 7.13. The lowest BCUT2D eigenvalue weighted by Gasteiger charge is -2.15. The van der Waals surface area contributed by atoms with Crippen LogP contribution in [0.3, 0.4) is 0 Å². The fourth-order valence-corrected chi connectivity index (χ4v) is 3.31. The lowest BCUT2D eigenvalue weighted by molar-refractivity contribution is 0.100. The van der Waals surface area contributed by atoms with Gasteiger partial charge in [0.15, 0.2) is 0 Å². The fraction of sp³-hybridized carbons (Fsp3) is 0.333. The predicted octanol–water partition coefficient (Wildman–Crippen LogP) is 2.50. The maximum Gasteiger partial charge on any atom is 0.249 e. The summed E-state index contributed by atoms with van der Waals surface area (Å²) in [5.41, 5.74) is 8.06. The van der Waals surface area contributed by atoms with E-state index in [2.05, 4.69) is 16.0 Å². The van der Waals surface area contributed by atoms with Gasteiger partial charge in [0, 0.05) is 29.2 Å². The molecule has 0 saturated carbocycles. The summed E-state index contributed by atoms with van der Waals surface area (Å²) >= 11 is 1.52. The van der Waals surface area contributed by atoms with E-state index in [1.165, 1.54) is 24.2 Å². The van der Waals surface area contributed by atoms with Gasteiger partial charge in [-0.1, -0.05) is 12.1 Å². The molecule has 0 unspecified atom stereocenters. The molecule has 1 aromatic heterocycles. The van der Waals surface area contributed by atoms with Crippen LogP contribution in [0.25, 0.3) is 10.6 Å². The van der Waals surface area contributed by atoms with Crippen molar-refractivity contribution in [3.05, 3.63) is 40.9 Å². The number of hydrogen-bond donors (Lipinski definition) is 1. The van der Waals surface area contributed by atoms with E-state index in [4.69, 9.17) is 5.73 Å². The van der Waals surface area contributed by atoms with Crippen molar-refractivity contribution in [1.29, 1.82) is 0 Å². The third kappa shape index (κ3) is 2.73. The number of aromatic nitrogens is 1. The predicted molar refractivity (Wildman–Crippen MR) is 80.6 cm³/mol. The molecule has 1 saturated heterocycles. The lowest BCUT2D eigenvalue weighted by atomic mass is 10.0. The Labute approximate surface area is 122 Å². The fourth-order valence-electron chi connectivity index (χ4n) is 2.64. The highest BCUT2D eigenvalue weighted by Gasteiger charge is 2.16. The van der Waals surface area contributed by atoms with E-state index >= 15 is 0 Å². The molecule has 1 aliphatic rings. The molecular weight excluding hydrogens is 270 g/mol. The van der Waals surface area contributed by atoms with Crippen molar-refractivity contribution in [2.45, 2.75) is 19.4 Å². The van der Waals surface area contributed by atoms with Gasteiger partial charge in [0.05, 0.1) is 0 Å². The van der Waals surface area contributed by atoms with E-state index in [-0.39, 0.29) is 0 Å². The first-order chi connectivity index (χ1) is 9.74. The summed E-state index contributed by atoms with van der Waals surface area (Å²) in [5, 5.41) is 2.74. The van der Waals surface area contributed by atoms with Crippen LogP contribution in [0.2, 0.25) is 0 Å². The molecule has 104 valence electrons. The summed E-state index contributed by atoms with van der Waals surface area (Å²) < 4.78 is 0. The van der Waals surface area contributed by atoms with Crippen molar-refractivity contribution < 1.29 is 4.79 Å². The monoisotopic (exact) mass is 287 g/mol. The number of hydrogen-bond acceptors (Lipinski definition) is 4. The van der Waals surface area contributed by atoms with Gasteiger partial charge in [-0.3, -0.25) is 9.69 Å². The maximum atomic E-state index is 11.7. The first kappa shape index (κ1) is 13.3. The molecule has 3 rings (SSSR count). The van der Waals surface area contributed by atoms with Crippen molar-refractivity contribution in [2.24, 2.45) is 5.73 Å². The summed E-state index contributed by atoms with van der Waals surface area (Å²) in [4.78, 5) is 18.4. The first-order valence-electron chi connectivity index (χ1n) is 6.79. The van der Waals surface area contributed by atoms with Crippen LogP contribution in [-0.2, 0) is 6.54 Å². The van der Waals surface area contributed by atoms with Crippen LogP contribution >= 0.6 is 11.3 Å². The average molecular weight is 287 g/mol.